The van der Waals surface area contributed by atoms with Gasteiger partial charge in [-0.05, 0) is 24.3 Å². The molecule has 0 spiro atoms. The molecule has 0 unspecified atom stereocenters. The molecule has 0 bridgehead atoms. The van der Waals surface area contributed by atoms with Crippen molar-refractivity contribution in [2.24, 2.45) is 0 Å². The van der Waals surface area contributed by atoms with Crippen LogP contribution in [0.15, 0.2) is 30.6 Å². The third-order valence-corrected chi connectivity index (χ3v) is 1.84. The molecule has 1 heterocycles. The molecule has 17 heavy (non-hydrogen) atoms. The van der Waals surface area contributed by atoms with Crippen LogP contribution in [0, 0.1) is 0 Å². The molecule has 0 atom stereocenters. The van der Waals surface area contributed by atoms with E-state index in [1.54, 1.807) is 0 Å². The van der Waals surface area contributed by atoms with Gasteiger partial charge in [-0.3, -0.25) is 0 Å². The summed E-state index contributed by atoms with van der Waals surface area (Å²) in [4.78, 5) is 3.69. The van der Waals surface area contributed by atoms with Crippen LogP contribution in [0.2, 0.25) is 0 Å². The maximum atomic E-state index is 11.9. The molecule has 2 N–H and O–H groups in total. The predicted octanol–water partition coefficient (Wildman–Crippen LogP) is 1.75. The average molecular weight is 244 g/mol. The molecule has 2 aromatic rings. The van der Waals surface area contributed by atoms with Crippen LogP contribution in [-0.4, -0.2) is 21.1 Å². The average Bonchev–Trinajstić information content (AvgIpc) is 2.63. The van der Waals surface area contributed by atoms with Gasteiger partial charge in [-0.25, -0.2) is 9.67 Å². The monoisotopic (exact) mass is 244 g/mol. The Labute approximate surface area is 93.6 Å². The van der Waals surface area contributed by atoms with Crippen molar-refractivity contribution in [2.75, 3.05) is 5.73 Å². The van der Waals surface area contributed by atoms with Crippen LogP contribution in [0.5, 0.6) is 5.75 Å². The first-order chi connectivity index (χ1) is 7.94. The minimum Gasteiger partial charge on any atom is -0.406 e. The fourth-order valence-electron chi connectivity index (χ4n) is 1.20. The summed E-state index contributed by atoms with van der Waals surface area (Å²) in [6.45, 7) is 0. The van der Waals surface area contributed by atoms with Crippen molar-refractivity contribution in [1.29, 1.82) is 0 Å². The van der Waals surface area contributed by atoms with Crippen LogP contribution < -0.4 is 10.5 Å². The first kappa shape index (κ1) is 11.2. The van der Waals surface area contributed by atoms with Gasteiger partial charge in [-0.1, -0.05) is 0 Å². The molecule has 0 radical (unpaired) electrons. The zero-order valence-electron chi connectivity index (χ0n) is 8.35. The smallest absolute Gasteiger partial charge is 0.406 e. The Morgan fingerprint density at radius 3 is 2.29 bits per heavy atom. The van der Waals surface area contributed by atoms with Crippen LogP contribution in [-0.2, 0) is 0 Å². The molecule has 0 amide bonds. The number of nitrogen functional groups attached to an aromatic ring is 1. The largest absolute Gasteiger partial charge is 0.573 e. The van der Waals surface area contributed by atoms with Gasteiger partial charge in [0.15, 0.2) is 0 Å². The fourth-order valence-corrected chi connectivity index (χ4v) is 1.20. The van der Waals surface area contributed by atoms with Gasteiger partial charge < -0.3 is 10.5 Å². The van der Waals surface area contributed by atoms with E-state index >= 15 is 0 Å². The maximum Gasteiger partial charge on any atom is 0.573 e. The summed E-state index contributed by atoms with van der Waals surface area (Å²) < 4.78 is 40.8. The zero-order valence-corrected chi connectivity index (χ0v) is 8.35. The van der Waals surface area contributed by atoms with Crippen molar-refractivity contribution < 1.29 is 17.9 Å². The minimum absolute atomic E-state index is 0.0839. The lowest BCUT2D eigenvalue weighted by atomic mass is 10.3. The second-order valence-corrected chi connectivity index (χ2v) is 3.09. The third-order valence-electron chi connectivity index (χ3n) is 1.84. The SMILES string of the molecule is Nc1ncn(-c2ccc(OC(F)(F)F)cc2)n1. The van der Waals surface area contributed by atoms with E-state index in [0.29, 0.717) is 5.69 Å². The molecule has 0 saturated heterocycles. The number of alkyl halides is 3. The molecule has 0 aliphatic carbocycles. The number of aromatic nitrogens is 3. The molecular formula is C9H7F3N4O. The Kier molecular flexibility index (Phi) is 2.62. The van der Waals surface area contributed by atoms with Crippen LogP contribution in [0.1, 0.15) is 0 Å². The summed E-state index contributed by atoms with van der Waals surface area (Å²) >= 11 is 0. The molecule has 0 saturated carbocycles. The van der Waals surface area contributed by atoms with Gasteiger partial charge >= 0.3 is 6.36 Å². The number of anilines is 1. The highest BCUT2D eigenvalue weighted by Gasteiger charge is 2.30. The Balaban J connectivity index is 2.19. The lowest BCUT2D eigenvalue weighted by Gasteiger charge is -2.08. The third kappa shape index (κ3) is 2.86. The van der Waals surface area contributed by atoms with Gasteiger partial charge in [0.2, 0.25) is 5.95 Å². The first-order valence-corrected chi connectivity index (χ1v) is 4.47. The van der Waals surface area contributed by atoms with Gasteiger partial charge in [-0.15, -0.1) is 18.3 Å². The van der Waals surface area contributed by atoms with Crippen molar-refractivity contribution in [1.82, 2.24) is 14.8 Å². The van der Waals surface area contributed by atoms with Crippen LogP contribution in [0.4, 0.5) is 19.1 Å². The quantitative estimate of drug-likeness (QED) is 0.873. The van der Waals surface area contributed by atoms with E-state index in [2.05, 4.69) is 14.8 Å². The van der Waals surface area contributed by atoms with E-state index < -0.39 is 6.36 Å². The number of hydrogen-bond acceptors (Lipinski definition) is 4. The van der Waals surface area contributed by atoms with Crippen LogP contribution >= 0.6 is 0 Å². The van der Waals surface area contributed by atoms with Gasteiger partial charge in [0.1, 0.15) is 12.1 Å². The summed E-state index contributed by atoms with van der Waals surface area (Å²) in [6.07, 6.45) is -3.34. The van der Waals surface area contributed by atoms with E-state index in [-0.39, 0.29) is 11.7 Å². The van der Waals surface area contributed by atoms with Crippen molar-refractivity contribution in [2.45, 2.75) is 6.36 Å². The summed E-state index contributed by atoms with van der Waals surface area (Å²) in [5.74, 6) is -0.213. The standard InChI is InChI=1S/C9H7F3N4O/c10-9(11,12)17-7-3-1-6(2-4-7)16-5-14-8(13)15-16/h1-5H,(H2,13,15). The number of halogens is 3. The summed E-state index contributed by atoms with van der Waals surface area (Å²) in [5, 5.41) is 3.81. The molecule has 0 fully saturated rings. The van der Waals surface area contributed by atoms with Crippen molar-refractivity contribution in [3.63, 3.8) is 0 Å². The second kappa shape index (κ2) is 3.96. The topological polar surface area (TPSA) is 66.0 Å². The molecule has 5 nitrogen and oxygen atoms in total. The minimum atomic E-state index is -4.70. The highest BCUT2D eigenvalue weighted by molar-refractivity contribution is 5.37. The summed E-state index contributed by atoms with van der Waals surface area (Å²) in [6, 6.07) is 5.19. The van der Waals surface area contributed by atoms with Gasteiger partial charge in [0.25, 0.3) is 0 Å². The first-order valence-electron chi connectivity index (χ1n) is 4.47. The van der Waals surface area contributed by atoms with Crippen LogP contribution in [0.25, 0.3) is 5.69 Å². The Hall–Kier alpha value is -2.25. The molecule has 1 aromatic carbocycles. The Morgan fingerprint density at radius 2 is 1.82 bits per heavy atom. The Morgan fingerprint density at radius 1 is 1.18 bits per heavy atom. The zero-order chi connectivity index (χ0) is 12.5. The van der Waals surface area contributed by atoms with Crippen LogP contribution in [0.3, 0.4) is 0 Å². The van der Waals surface area contributed by atoms with Crippen molar-refractivity contribution >= 4 is 5.95 Å². The molecule has 0 aliphatic rings. The second-order valence-electron chi connectivity index (χ2n) is 3.09. The molecular weight excluding hydrogens is 237 g/mol. The van der Waals surface area contributed by atoms with E-state index in [4.69, 9.17) is 5.73 Å². The van der Waals surface area contributed by atoms with Crippen molar-refractivity contribution in [3.05, 3.63) is 30.6 Å². The van der Waals surface area contributed by atoms with E-state index in [0.717, 1.165) is 0 Å². The van der Waals surface area contributed by atoms with Gasteiger partial charge in [-0.2, -0.15) is 0 Å². The lowest BCUT2D eigenvalue weighted by Crippen LogP contribution is -2.17. The van der Waals surface area contributed by atoms with Gasteiger partial charge in [0, 0.05) is 0 Å². The number of ether oxygens (including phenoxy) is 1. The van der Waals surface area contributed by atoms with E-state index in [1.807, 2.05) is 0 Å². The Bertz CT molecular complexity index is 506. The highest BCUT2D eigenvalue weighted by Crippen LogP contribution is 2.23. The molecule has 90 valence electrons. The number of nitrogens with two attached hydrogens (primary N) is 1. The lowest BCUT2D eigenvalue weighted by molar-refractivity contribution is -0.274. The molecule has 2 rings (SSSR count). The number of benzene rings is 1. The highest BCUT2D eigenvalue weighted by atomic mass is 19.4. The number of nitrogens with zero attached hydrogens (tertiary/aromatic N) is 3. The van der Waals surface area contributed by atoms with E-state index in [9.17, 15) is 13.2 Å². The summed E-state index contributed by atoms with van der Waals surface area (Å²) in [7, 11) is 0. The molecule has 0 aliphatic heterocycles. The maximum absolute atomic E-state index is 11.9. The van der Waals surface area contributed by atoms with Crippen molar-refractivity contribution in [3.8, 4) is 11.4 Å². The number of hydrogen-bond donors (Lipinski definition) is 1. The molecule has 1 aromatic heterocycles. The normalized spacial score (nSPS) is 11.5. The fraction of sp³-hybridized carbons (Fsp3) is 0.111. The van der Waals surface area contributed by atoms with Gasteiger partial charge in [0.05, 0.1) is 5.69 Å². The predicted molar refractivity (Wildman–Crippen MR) is 52.5 cm³/mol. The number of rotatable bonds is 2. The summed E-state index contributed by atoms with van der Waals surface area (Å²) in [5.41, 5.74) is 5.84. The molecule has 8 heteroatoms. The van der Waals surface area contributed by atoms with E-state index in [1.165, 1.54) is 35.3 Å².